The first-order valence-corrected chi connectivity index (χ1v) is 12.3. The normalized spacial score (nSPS) is 14.6. The number of carbonyl (C=O) groups excluding carboxylic acids is 1. The number of aromatic nitrogens is 1. The summed E-state index contributed by atoms with van der Waals surface area (Å²) >= 11 is 1.49. The van der Waals surface area contributed by atoms with Crippen LogP contribution in [-0.2, 0) is 0 Å². The molecule has 1 saturated heterocycles. The van der Waals surface area contributed by atoms with Gasteiger partial charge in [0.1, 0.15) is 23.0 Å². The van der Waals surface area contributed by atoms with Gasteiger partial charge in [0.2, 0.25) is 0 Å². The van der Waals surface area contributed by atoms with Crippen molar-refractivity contribution in [3.05, 3.63) is 76.6 Å². The number of thiazole rings is 1. The molecule has 1 amide bonds. The molecule has 1 aliphatic rings. The fraction of sp³-hybridized carbons (Fsp3) is 0.222. The molecule has 0 bridgehead atoms. The molecule has 0 radical (unpaired) electrons. The first kappa shape index (κ1) is 21.6. The van der Waals surface area contributed by atoms with Crippen LogP contribution in [0.5, 0.6) is 10.9 Å². The standard InChI is InChI=1S/C27H22N2O5S/c1-32-18-7-9-24-22(14-18)28-27(35-24)33-17-10-12-29(13-11-17)25(30)21-15-20-19-5-3-2-4-16(19)6-8-23(20)34-26(21)31/h2-9,14-15,17H,10-13H2,1H3. The number of likely N-dealkylation sites (tertiary alicyclic amines) is 1. The fourth-order valence-corrected chi connectivity index (χ4v) is 5.44. The van der Waals surface area contributed by atoms with Gasteiger partial charge in [-0.1, -0.05) is 41.7 Å². The van der Waals surface area contributed by atoms with Gasteiger partial charge in [0, 0.05) is 37.4 Å². The highest BCUT2D eigenvalue weighted by Crippen LogP contribution is 2.32. The molecule has 0 aliphatic carbocycles. The van der Waals surface area contributed by atoms with Gasteiger partial charge in [0.25, 0.3) is 11.1 Å². The number of fused-ring (bicyclic) bond motifs is 4. The number of rotatable bonds is 4. The maximum absolute atomic E-state index is 13.2. The Balaban J connectivity index is 1.18. The number of methoxy groups -OCH3 is 1. The van der Waals surface area contributed by atoms with Gasteiger partial charge in [-0.25, -0.2) is 9.78 Å². The van der Waals surface area contributed by atoms with Crippen LogP contribution in [0.25, 0.3) is 32.0 Å². The van der Waals surface area contributed by atoms with Crippen LogP contribution in [0, 0.1) is 0 Å². The zero-order valence-electron chi connectivity index (χ0n) is 19.0. The quantitative estimate of drug-likeness (QED) is 0.255. The summed E-state index contributed by atoms with van der Waals surface area (Å²) < 4.78 is 17.9. The van der Waals surface area contributed by atoms with Crippen molar-refractivity contribution < 1.29 is 18.7 Å². The lowest BCUT2D eigenvalue weighted by atomic mass is 10.0. The minimum absolute atomic E-state index is 0.0431. The molecule has 3 heterocycles. The highest BCUT2D eigenvalue weighted by atomic mass is 32.1. The second-order valence-corrected chi connectivity index (χ2v) is 9.56. The molecule has 2 aromatic heterocycles. The van der Waals surface area contributed by atoms with E-state index in [1.54, 1.807) is 24.1 Å². The van der Waals surface area contributed by atoms with Crippen LogP contribution in [0.2, 0.25) is 0 Å². The van der Waals surface area contributed by atoms with Crippen molar-refractivity contribution in [1.29, 1.82) is 0 Å². The molecule has 8 heteroatoms. The van der Waals surface area contributed by atoms with Crippen LogP contribution in [0.4, 0.5) is 0 Å². The van der Waals surface area contributed by atoms with Gasteiger partial charge in [-0.3, -0.25) is 4.79 Å². The average molecular weight is 487 g/mol. The van der Waals surface area contributed by atoms with Crippen molar-refractivity contribution in [1.82, 2.24) is 9.88 Å². The Hall–Kier alpha value is -3.91. The minimum atomic E-state index is -0.610. The number of hydrogen-bond acceptors (Lipinski definition) is 7. The largest absolute Gasteiger partial charge is 0.497 e. The molecule has 35 heavy (non-hydrogen) atoms. The SMILES string of the molecule is COc1ccc2sc(OC3CCN(C(=O)c4cc5c(ccc6ccccc65)oc4=O)CC3)nc2c1. The Morgan fingerprint density at radius 1 is 1.06 bits per heavy atom. The van der Waals surface area contributed by atoms with Crippen molar-refractivity contribution in [2.75, 3.05) is 20.2 Å². The third-order valence-corrected chi connectivity index (χ3v) is 7.37. The van der Waals surface area contributed by atoms with E-state index in [1.807, 2.05) is 48.5 Å². The molecular formula is C27H22N2O5S. The van der Waals surface area contributed by atoms with Gasteiger partial charge in [0.05, 0.1) is 17.3 Å². The van der Waals surface area contributed by atoms with Crippen LogP contribution >= 0.6 is 11.3 Å². The molecule has 0 N–H and O–H groups in total. The summed E-state index contributed by atoms with van der Waals surface area (Å²) in [5.41, 5.74) is 0.771. The summed E-state index contributed by atoms with van der Waals surface area (Å²) in [7, 11) is 1.63. The zero-order chi connectivity index (χ0) is 23.9. The second kappa shape index (κ2) is 8.70. The molecule has 6 rings (SSSR count). The first-order chi connectivity index (χ1) is 17.1. The zero-order valence-corrected chi connectivity index (χ0v) is 19.8. The van der Waals surface area contributed by atoms with Crippen LogP contribution in [0.15, 0.2) is 69.9 Å². The third kappa shape index (κ3) is 4.00. The van der Waals surface area contributed by atoms with Gasteiger partial charge < -0.3 is 18.8 Å². The Morgan fingerprint density at radius 3 is 2.71 bits per heavy atom. The predicted molar refractivity (Wildman–Crippen MR) is 136 cm³/mol. The van der Waals surface area contributed by atoms with Crippen molar-refractivity contribution in [3.63, 3.8) is 0 Å². The van der Waals surface area contributed by atoms with Crippen molar-refractivity contribution in [3.8, 4) is 10.9 Å². The topological polar surface area (TPSA) is 81.9 Å². The molecule has 0 atom stereocenters. The lowest BCUT2D eigenvalue weighted by Crippen LogP contribution is -2.43. The van der Waals surface area contributed by atoms with Crippen molar-refractivity contribution in [2.45, 2.75) is 18.9 Å². The molecule has 5 aromatic rings. The number of ether oxygens (including phenoxy) is 2. The number of nitrogens with zero attached hydrogens (tertiary/aromatic N) is 2. The number of benzene rings is 3. The summed E-state index contributed by atoms with van der Waals surface area (Å²) in [5, 5.41) is 3.35. The summed E-state index contributed by atoms with van der Waals surface area (Å²) in [6.07, 6.45) is 1.28. The second-order valence-electron chi connectivity index (χ2n) is 8.57. The van der Waals surface area contributed by atoms with Crippen LogP contribution in [0.3, 0.4) is 0 Å². The molecular weight excluding hydrogens is 464 g/mol. The van der Waals surface area contributed by atoms with E-state index in [1.165, 1.54) is 11.3 Å². The Labute approximate surface area is 204 Å². The number of carbonyl (C=O) groups is 1. The molecule has 176 valence electrons. The summed E-state index contributed by atoms with van der Waals surface area (Å²) in [5.74, 6) is 0.450. The van der Waals surface area contributed by atoms with Crippen LogP contribution in [-0.4, -0.2) is 42.1 Å². The molecule has 7 nitrogen and oxygen atoms in total. The number of hydrogen-bond donors (Lipinski definition) is 0. The van der Waals surface area contributed by atoms with Crippen LogP contribution in [0.1, 0.15) is 23.2 Å². The van der Waals surface area contributed by atoms with E-state index in [9.17, 15) is 9.59 Å². The number of amides is 1. The van der Waals surface area contributed by atoms with Gasteiger partial charge in [-0.2, -0.15) is 0 Å². The van der Waals surface area contributed by atoms with E-state index in [2.05, 4.69) is 4.98 Å². The molecule has 0 saturated carbocycles. The smallest absolute Gasteiger partial charge is 0.349 e. The predicted octanol–water partition coefficient (Wildman–Crippen LogP) is 5.25. The average Bonchev–Trinajstić information content (AvgIpc) is 3.29. The van der Waals surface area contributed by atoms with Crippen LogP contribution < -0.4 is 15.1 Å². The lowest BCUT2D eigenvalue weighted by Gasteiger charge is -2.31. The maximum atomic E-state index is 13.2. The fourth-order valence-electron chi connectivity index (χ4n) is 4.57. The molecule has 3 aromatic carbocycles. The minimum Gasteiger partial charge on any atom is -0.497 e. The van der Waals surface area contributed by atoms with Gasteiger partial charge in [0.15, 0.2) is 0 Å². The molecule has 1 aliphatic heterocycles. The lowest BCUT2D eigenvalue weighted by molar-refractivity contribution is 0.0592. The van der Waals surface area contributed by atoms with Gasteiger partial charge >= 0.3 is 5.63 Å². The van der Waals surface area contributed by atoms with E-state index >= 15 is 0 Å². The van der Waals surface area contributed by atoms with Crippen molar-refractivity contribution >= 4 is 49.2 Å². The van der Waals surface area contributed by atoms with E-state index in [0.717, 1.165) is 32.1 Å². The van der Waals surface area contributed by atoms with E-state index in [4.69, 9.17) is 13.9 Å². The summed E-state index contributed by atoms with van der Waals surface area (Å²) in [6, 6.07) is 19.0. The molecule has 0 spiro atoms. The summed E-state index contributed by atoms with van der Waals surface area (Å²) in [6.45, 7) is 0.991. The van der Waals surface area contributed by atoms with E-state index < -0.39 is 5.63 Å². The highest BCUT2D eigenvalue weighted by molar-refractivity contribution is 7.20. The maximum Gasteiger partial charge on any atom is 0.349 e. The molecule has 1 fully saturated rings. The Morgan fingerprint density at radius 2 is 1.89 bits per heavy atom. The van der Waals surface area contributed by atoms with E-state index in [0.29, 0.717) is 36.7 Å². The third-order valence-electron chi connectivity index (χ3n) is 6.44. The van der Waals surface area contributed by atoms with Gasteiger partial charge in [-0.05, 0) is 35.0 Å². The van der Waals surface area contributed by atoms with E-state index in [-0.39, 0.29) is 17.6 Å². The Bertz CT molecular complexity index is 1630. The summed E-state index contributed by atoms with van der Waals surface area (Å²) in [4.78, 5) is 32.1. The monoisotopic (exact) mass is 486 g/mol. The first-order valence-electron chi connectivity index (χ1n) is 11.5. The Kier molecular flexibility index (Phi) is 5.37. The highest BCUT2D eigenvalue weighted by Gasteiger charge is 2.27. The number of piperidine rings is 1. The van der Waals surface area contributed by atoms with Gasteiger partial charge in [-0.15, -0.1) is 0 Å². The molecule has 0 unspecified atom stereocenters. The van der Waals surface area contributed by atoms with Crippen molar-refractivity contribution in [2.24, 2.45) is 0 Å².